The maximum Gasteiger partial charge on any atom is 0.129 e. The summed E-state index contributed by atoms with van der Waals surface area (Å²) in [6.07, 6.45) is 5.28. The summed E-state index contributed by atoms with van der Waals surface area (Å²) in [6, 6.07) is 0. The Balaban J connectivity index is 2.82. The lowest BCUT2D eigenvalue weighted by Gasteiger charge is -2.32. The van der Waals surface area contributed by atoms with Crippen molar-refractivity contribution in [2.75, 3.05) is 0 Å². The molecule has 18 heavy (non-hydrogen) atoms. The summed E-state index contributed by atoms with van der Waals surface area (Å²) < 4.78 is 0. The van der Waals surface area contributed by atoms with Crippen LogP contribution in [0.4, 0.5) is 0 Å². The molecule has 0 saturated heterocycles. The summed E-state index contributed by atoms with van der Waals surface area (Å²) in [7, 11) is -2.61. The third kappa shape index (κ3) is 5.30. The van der Waals surface area contributed by atoms with E-state index < -0.39 is 21.7 Å². The predicted molar refractivity (Wildman–Crippen MR) is 86.3 cm³/mol. The Kier molecular flexibility index (Phi) is 4.91. The van der Waals surface area contributed by atoms with Crippen LogP contribution in [0.15, 0.2) is 0 Å². The molecule has 1 saturated carbocycles. The van der Waals surface area contributed by atoms with Crippen molar-refractivity contribution in [2.24, 2.45) is 0 Å². The van der Waals surface area contributed by atoms with Crippen molar-refractivity contribution < 1.29 is 5.11 Å². The van der Waals surface area contributed by atoms with Gasteiger partial charge >= 0.3 is 0 Å². The second-order valence-corrected chi connectivity index (χ2v) is 18.3. The van der Waals surface area contributed by atoms with Crippen molar-refractivity contribution in [1.82, 2.24) is 0 Å². The van der Waals surface area contributed by atoms with Crippen molar-refractivity contribution in [3.63, 3.8) is 0 Å². The first-order chi connectivity index (χ1) is 8.02. The molecule has 3 heteroatoms. The molecule has 0 aromatic rings. The fourth-order valence-corrected chi connectivity index (χ4v) is 4.74. The quantitative estimate of drug-likeness (QED) is 0.605. The molecule has 0 amide bonds. The minimum atomic E-state index is -1.31. The van der Waals surface area contributed by atoms with Crippen LogP contribution < -0.4 is 0 Å². The lowest BCUT2D eigenvalue weighted by Crippen LogP contribution is -2.35. The first-order valence-corrected chi connectivity index (χ1v) is 14.3. The monoisotopic (exact) mass is 282 g/mol. The molecule has 0 aromatic carbocycles. The highest BCUT2D eigenvalue weighted by Gasteiger charge is 2.37. The van der Waals surface area contributed by atoms with Gasteiger partial charge in [-0.15, -0.1) is 11.5 Å². The molecule has 1 aliphatic carbocycles. The molecule has 1 fully saturated rings. The van der Waals surface area contributed by atoms with Crippen LogP contribution in [0.25, 0.3) is 0 Å². The molecule has 0 heterocycles. The van der Waals surface area contributed by atoms with Gasteiger partial charge in [0, 0.05) is 5.54 Å². The smallest absolute Gasteiger partial charge is 0.129 e. The first kappa shape index (κ1) is 16.0. The predicted octanol–water partition coefficient (Wildman–Crippen LogP) is 4.27. The van der Waals surface area contributed by atoms with Crippen LogP contribution in [0.5, 0.6) is 0 Å². The van der Waals surface area contributed by atoms with Gasteiger partial charge < -0.3 is 5.11 Å². The van der Waals surface area contributed by atoms with Crippen molar-refractivity contribution in [3.8, 4) is 11.5 Å². The van der Waals surface area contributed by atoms with Crippen LogP contribution in [0.3, 0.4) is 0 Å². The van der Waals surface area contributed by atoms with Gasteiger partial charge in [-0.1, -0.05) is 52.1 Å². The normalized spacial score (nSPS) is 21.3. The zero-order chi connectivity index (χ0) is 14.0. The van der Waals surface area contributed by atoms with Gasteiger partial charge in [0.1, 0.15) is 8.07 Å². The summed E-state index contributed by atoms with van der Waals surface area (Å²) in [4.78, 5) is 0. The van der Waals surface area contributed by atoms with Gasteiger partial charge in [-0.05, 0) is 19.3 Å². The third-order valence-electron chi connectivity index (χ3n) is 3.79. The van der Waals surface area contributed by atoms with E-state index in [1.807, 2.05) is 0 Å². The van der Waals surface area contributed by atoms with Crippen LogP contribution in [0.2, 0.25) is 44.8 Å². The second-order valence-electron chi connectivity index (χ2n) is 8.07. The standard InChI is InChI=1S/C15H30OSi2/c1-17(2,3)12-9-14(18(4,5)6)13-15(16)10-7-8-11-15/h14,16H,7-8,10-11,13H2,1-6H3. The van der Waals surface area contributed by atoms with Crippen LogP contribution >= 0.6 is 0 Å². The number of aliphatic hydroxyl groups is 1. The molecule has 0 aliphatic heterocycles. The summed E-state index contributed by atoms with van der Waals surface area (Å²) in [6.45, 7) is 14.0. The lowest BCUT2D eigenvalue weighted by atomic mass is 9.96. The summed E-state index contributed by atoms with van der Waals surface area (Å²) in [5, 5.41) is 10.6. The molecular weight excluding hydrogens is 252 g/mol. The van der Waals surface area contributed by atoms with Crippen molar-refractivity contribution in [2.45, 2.75) is 82.5 Å². The molecule has 1 nitrogen and oxygen atoms in total. The molecule has 1 aliphatic rings. The van der Waals surface area contributed by atoms with Gasteiger partial charge in [0.25, 0.3) is 0 Å². The maximum atomic E-state index is 10.6. The summed E-state index contributed by atoms with van der Waals surface area (Å²) in [5.41, 5.74) is 3.58. The third-order valence-corrected chi connectivity index (χ3v) is 7.12. The Morgan fingerprint density at radius 3 is 1.94 bits per heavy atom. The molecule has 1 rings (SSSR count). The minimum Gasteiger partial charge on any atom is -0.390 e. The molecule has 0 aromatic heterocycles. The van der Waals surface area contributed by atoms with Crippen molar-refractivity contribution in [1.29, 1.82) is 0 Å². The zero-order valence-electron chi connectivity index (χ0n) is 13.1. The number of hydrogen-bond acceptors (Lipinski definition) is 1. The number of rotatable bonds is 3. The van der Waals surface area contributed by atoms with Crippen LogP contribution in [0, 0.1) is 11.5 Å². The van der Waals surface area contributed by atoms with Crippen molar-refractivity contribution >= 4 is 16.1 Å². The van der Waals surface area contributed by atoms with E-state index in [1.54, 1.807) is 0 Å². The SMILES string of the molecule is C[Si](C)(C)C#CC(CC1(O)CCCC1)[Si](C)(C)C. The Hall–Kier alpha value is -0.0462. The Morgan fingerprint density at radius 2 is 1.56 bits per heavy atom. The molecule has 0 radical (unpaired) electrons. The van der Waals surface area contributed by atoms with E-state index in [2.05, 4.69) is 50.7 Å². The zero-order valence-corrected chi connectivity index (χ0v) is 15.1. The Labute approximate surface area is 115 Å². The highest BCUT2D eigenvalue weighted by Crippen LogP contribution is 2.39. The molecule has 0 spiro atoms. The van der Waals surface area contributed by atoms with Gasteiger partial charge in [-0.2, -0.15) is 0 Å². The van der Waals surface area contributed by atoms with Gasteiger partial charge in [0.15, 0.2) is 0 Å². The average molecular weight is 283 g/mol. The molecular formula is C15H30OSi2. The molecule has 1 N–H and O–H groups in total. The first-order valence-electron chi connectivity index (χ1n) is 7.27. The summed E-state index contributed by atoms with van der Waals surface area (Å²) >= 11 is 0. The highest BCUT2D eigenvalue weighted by molar-refractivity contribution is 6.84. The second kappa shape index (κ2) is 5.52. The van der Waals surface area contributed by atoms with Crippen LogP contribution in [-0.2, 0) is 0 Å². The lowest BCUT2D eigenvalue weighted by molar-refractivity contribution is 0.0399. The van der Waals surface area contributed by atoms with Crippen LogP contribution in [-0.4, -0.2) is 26.9 Å². The van der Waals surface area contributed by atoms with E-state index in [0.29, 0.717) is 5.54 Å². The van der Waals surface area contributed by atoms with Gasteiger partial charge in [0.05, 0.1) is 13.7 Å². The summed E-state index contributed by atoms with van der Waals surface area (Å²) in [5.74, 6) is 3.57. The van der Waals surface area contributed by atoms with Crippen LogP contribution in [0.1, 0.15) is 32.1 Å². The van der Waals surface area contributed by atoms with E-state index in [1.165, 1.54) is 12.8 Å². The molecule has 1 unspecified atom stereocenters. The average Bonchev–Trinajstić information content (AvgIpc) is 2.57. The topological polar surface area (TPSA) is 20.2 Å². The molecule has 104 valence electrons. The Bertz CT molecular complexity index is 332. The van der Waals surface area contributed by atoms with E-state index in [0.717, 1.165) is 19.3 Å². The number of hydrogen-bond donors (Lipinski definition) is 1. The fraction of sp³-hybridized carbons (Fsp3) is 0.867. The molecule has 0 bridgehead atoms. The van der Waals surface area contributed by atoms with E-state index in [4.69, 9.17) is 0 Å². The maximum absolute atomic E-state index is 10.6. The largest absolute Gasteiger partial charge is 0.390 e. The van der Waals surface area contributed by atoms with Gasteiger partial charge in [-0.25, -0.2) is 0 Å². The fourth-order valence-electron chi connectivity index (χ4n) is 2.49. The highest BCUT2D eigenvalue weighted by atomic mass is 28.3. The van der Waals surface area contributed by atoms with E-state index in [-0.39, 0.29) is 0 Å². The Morgan fingerprint density at radius 1 is 1.06 bits per heavy atom. The molecule has 1 atom stereocenters. The van der Waals surface area contributed by atoms with Gasteiger partial charge in [0.2, 0.25) is 0 Å². The van der Waals surface area contributed by atoms with Crippen molar-refractivity contribution in [3.05, 3.63) is 0 Å². The van der Waals surface area contributed by atoms with E-state index in [9.17, 15) is 5.11 Å². The minimum absolute atomic E-state index is 0.404. The van der Waals surface area contributed by atoms with Gasteiger partial charge in [-0.3, -0.25) is 0 Å². The van der Waals surface area contributed by atoms with E-state index >= 15 is 0 Å².